The number of amides is 1. The number of hydrogen-bond donors (Lipinski definition) is 2. The van der Waals surface area contributed by atoms with Crippen LogP contribution in [-0.4, -0.2) is 34.1 Å². The summed E-state index contributed by atoms with van der Waals surface area (Å²) in [6.07, 6.45) is 0.979. The first kappa shape index (κ1) is 12.7. The first-order chi connectivity index (χ1) is 8.49. The van der Waals surface area contributed by atoms with Crippen LogP contribution in [0, 0.1) is 11.8 Å². The monoisotopic (exact) mass is 249 g/mol. The number of hydrogen-bond acceptors (Lipinski definition) is 3. The zero-order chi connectivity index (χ0) is 13.3. The molecule has 1 aromatic carbocycles. The van der Waals surface area contributed by atoms with Gasteiger partial charge in [-0.25, -0.2) is 0 Å². The van der Waals surface area contributed by atoms with Crippen LogP contribution in [0.15, 0.2) is 18.2 Å². The van der Waals surface area contributed by atoms with Crippen LogP contribution in [0.5, 0.6) is 11.5 Å². The summed E-state index contributed by atoms with van der Waals surface area (Å²) in [5.74, 6) is 0.787. The van der Waals surface area contributed by atoms with E-state index < -0.39 is 0 Å². The topological polar surface area (TPSA) is 60.8 Å². The summed E-state index contributed by atoms with van der Waals surface area (Å²) in [6, 6.07) is 4.03. The number of likely N-dealkylation sites (tertiary alicyclic amines) is 1. The minimum atomic E-state index is -0.206. The first-order valence-electron chi connectivity index (χ1n) is 6.30. The lowest BCUT2D eigenvalue weighted by Gasteiger charge is -2.35. The summed E-state index contributed by atoms with van der Waals surface area (Å²) in [4.78, 5) is 14.0. The Kier molecular flexibility index (Phi) is 3.45. The molecule has 1 aliphatic heterocycles. The van der Waals surface area contributed by atoms with Gasteiger partial charge in [0.1, 0.15) is 11.5 Å². The number of piperidine rings is 1. The van der Waals surface area contributed by atoms with Crippen LogP contribution in [0.1, 0.15) is 30.6 Å². The highest BCUT2D eigenvalue weighted by Gasteiger charge is 2.27. The van der Waals surface area contributed by atoms with Gasteiger partial charge < -0.3 is 15.1 Å². The molecule has 1 amide bonds. The van der Waals surface area contributed by atoms with Crippen LogP contribution in [-0.2, 0) is 0 Å². The summed E-state index contributed by atoms with van der Waals surface area (Å²) in [5.41, 5.74) is 0.178. The fourth-order valence-electron chi connectivity index (χ4n) is 2.31. The van der Waals surface area contributed by atoms with Crippen LogP contribution in [0.25, 0.3) is 0 Å². The van der Waals surface area contributed by atoms with Crippen molar-refractivity contribution in [1.82, 2.24) is 4.90 Å². The fourth-order valence-corrected chi connectivity index (χ4v) is 2.31. The van der Waals surface area contributed by atoms with Gasteiger partial charge in [0.05, 0.1) is 5.56 Å². The maximum Gasteiger partial charge on any atom is 0.257 e. The molecule has 2 rings (SSSR count). The Morgan fingerprint density at radius 3 is 2.67 bits per heavy atom. The van der Waals surface area contributed by atoms with Gasteiger partial charge in [-0.05, 0) is 36.5 Å². The zero-order valence-electron chi connectivity index (χ0n) is 10.8. The minimum Gasteiger partial charge on any atom is -0.508 e. The smallest absolute Gasteiger partial charge is 0.257 e. The molecule has 0 bridgehead atoms. The maximum absolute atomic E-state index is 12.3. The van der Waals surface area contributed by atoms with E-state index in [0.717, 1.165) is 6.42 Å². The first-order valence-corrected chi connectivity index (χ1v) is 6.30. The minimum absolute atomic E-state index is 0.00502. The molecular weight excluding hydrogens is 230 g/mol. The lowest BCUT2D eigenvalue weighted by Crippen LogP contribution is -2.42. The second-order valence-corrected chi connectivity index (χ2v) is 5.20. The molecule has 0 aliphatic carbocycles. The largest absolute Gasteiger partial charge is 0.508 e. The molecule has 1 fully saturated rings. The van der Waals surface area contributed by atoms with Gasteiger partial charge in [0, 0.05) is 13.1 Å². The molecule has 0 aromatic heterocycles. The predicted molar refractivity (Wildman–Crippen MR) is 68.6 cm³/mol. The van der Waals surface area contributed by atoms with Crippen molar-refractivity contribution in [1.29, 1.82) is 0 Å². The van der Waals surface area contributed by atoms with Crippen molar-refractivity contribution in [2.45, 2.75) is 20.3 Å². The second kappa shape index (κ2) is 4.88. The molecule has 18 heavy (non-hydrogen) atoms. The number of carbonyl (C=O) groups is 1. The average Bonchev–Trinajstić information content (AvgIpc) is 2.35. The van der Waals surface area contributed by atoms with Crippen LogP contribution in [0.3, 0.4) is 0 Å². The predicted octanol–water partition coefficient (Wildman–Crippen LogP) is 2.22. The molecule has 2 unspecified atom stereocenters. The van der Waals surface area contributed by atoms with Gasteiger partial charge in [-0.1, -0.05) is 13.8 Å². The third-order valence-corrected chi connectivity index (χ3v) is 3.83. The summed E-state index contributed by atoms with van der Waals surface area (Å²) >= 11 is 0. The Bertz CT molecular complexity index is 458. The standard InChI is InChI=1S/C14H19NO3/c1-9-5-6-15(8-10(9)2)14(18)12-7-11(16)3-4-13(12)17/h3-4,7,9-10,16-17H,5-6,8H2,1-2H3. The van der Waals surface area contributed by atoms with Crippen molar-refractivity contribution in [3.63, 3.8) is 0 Å². The van der Waals surface area contributed by atoms with Gasteiger partial charge in [-0.15, -0.1) is 0 Å². The van der Waals surface area contributed by atoms with E-state index in [1.54, 1.807) is 4.90 Å². The molecule has 1 aliphatic rings. The Morgan fingerprint density at radius 1 is 1.28 bits per heavy atom. The molecule has 1 heterocycles. The summed E-state index contributed by atoms with van der Waals surface area (Å²) in [6.45, 7) is 5.74. The normalized spacial score (nSPS) is 24.0. The number of nitrogens with zero attached hydrogens (tertiary/aromatic N) is 1. The van der Waals surface area contributed by atoms with E-state index in [2.05, 4.69) is 13.8 Å². The molecule has 1 saturated heterocycles. The molecule has 0 spiro atoms. The fraction of sp³-hybridized carbons (Fsp3) is 0.500. The number of phenolic OH excluding ortho intramolecular Hbond substituents is 2. The third kappa shape index (κ3) is 2.42. The van der Waals surface area contributed by atoms with Crippen molar-refractivity contribution in [2.75, 3.05) is 13.1 Å². The number of benzene rings is 1. The zero-order valence-corrected chi connectivity index (χ0v) is 10.8. The number of aromatic hydroxyl groups is 2. The summed E-state index contributed by atoms with van der Waals surface area (Å²) < 4.78 is 0. The van der Waals surface area contributed by atoms with E-state index in [9.17, 15) is 15.0 Å². The molecule has 2 atom stereocenters. The summed E-state index contributed by atoms with van der Waals surface area (Å²) in [7, 11) is 0. The number of carbonyl (C=O) groups excluding carboxylic acids is 1. The van der Waals surface area contributed by atoms with E-state index in [1.807, 2.05) is 0 Å². The lowest BCUT2D eigenvalue weighted by atomic mass is 9.88. The molecule has 98 valence electrons. The summed E-state index contributed by atoms with van der Waals surface area (Å²) in [5, 5.41) is 19.1. The van der Waals surface area contributed by atoms with Gasteiger partial charge in [-0.3, -0.25) is 4.79 Å². The van der Waals surface area contributed by atoms with E-state index in [-0.39, 0.29) is 23.0 Å². The number of phenols is 2. The highest BCUT2D eigenvalue weighted by Crippen LogP contribution is 2.27. The average molecular weight is 249 g/mol. The third-order valence-electron chi connectivity index (χ3n) is 3.83. The van der Waals surface area contributed by atoms with E-state index in [0.29, 0.717) is 24.9 Å². The second-order valence-electron chi connectivity index (χ2n) is 5.20. The molecule has 0 saturated carbocycles. The molecule has 2 N–H and O–H groups in total. The van der Waals surface area contributed by atoms with E-state index in [1.165, 1.54) is 18.2 Å². The Labute approximate surface area is 107 Å². The lowest BCUT2D eigenvalue weighted by molar-refractivity contribution is 0.0624. The van der Waals surface area contributed by atoms with Crippen molar-refractivity contribution < 1.29 is 15.0 Å². The molecule has 0 radical (unpaired) electrons. The Balaban J connectivity index is 2.19. The van der Waals surface area contributed by atoms with E-state index in [4.69, 9.17) is 0 Å². The molecule has 4 heteroatoms. The van der Waals surface area contributed by atoms with Crippen molar-refractivity contribution in [2.24, 2.45) is 11.8 Å². The SMILES string of the molecule is CC1CCN(C(=O)c2cc(O)ccc2O)CC1C. The van der Waals surface area contributed by atoms with Crippen molar-refractivity contribution in [3.05, 3.63) is 23.8 Å². The maximum atomic E-state index is 12.3. The van der Waals surface area contributed by atoms with Crippen LogP contribution in [0.4, 0.5) is 0 Å². The molecule has 1 aromatic rings. The number of rotatable bonds is 1. The highest BCUT2D eigenvalue weighted by atomic mass is 16.3. The van der Waals surface area contributed by atoms with Crippen molar-refractivity contribution >= 4 is 5.91 Å². The highest BCUT2D eigenvalue weighted by molar-refractivity contribution is 5.97. The van der Waals surface area contributed by atoms with Gasteiger partial charge >= 0.3 is 0 Å². The van der Waals surface area contributed by atoms with Gasteiger partial charge in [-0.2, -0.15) is 0 Å². The van der Waals surface area contributed by atoms with Crippen molar-refractivity contribution in [3.8, 4) is 11.5 Å². The van der Waals surface area contributed by atoms with Gasteiger partial charge in [0.2, 0.25) is 0 Å². The van der Waals surface area contributed by atoms with Crippen LogP contribution < -0.4 is 0 Å². The van der Waals surface area contributed by atoms with Crippen LogP contribution in [0.2, 0.25) is 0 Å². The van der Waals surface area contributed by atoms with Crippen LogP contribution >= 0.6 is 0 Å². The van der Waals surface area contributed by atoms with E-state index >= 15 is 0 Å². The quantitative estimate of drug-likeness (QED) is 0.750. The molecule has 4 nitrogen and oxygen atoms in total. The van der Waals surface area contributed by atoms with Gasteiger partial charge in [0.25, 0.3) is 5.91 Å². The molecular formula is C14H19NO3. The van der Waals surface area contributed by atoms with Gasteiger partial charge in [0.15, 0.2) is 0 Å². The Hall–Kier alpha value is -1.71. The Morgan fingerprint density at radius 2 is 2.00 bits per heavy atom.